The highest BCUT2D eigenvalue weighted by atomic mass is 79.9. The van der Waals surface area contributed by atoms with Gasteiger partial charge in [0, 0.05) is 9.85 Å². The highest BCUT2D eigenvalue weighted by molar-refractivity contribution is 9.10. The van der Waals surface area contributed by atoms with Gasteiger partial charge in [0.05, 0.1) is 16.6 Å². The first kappa shape index (κ1) is 15.9. The molecule has 8 heteroatoms. The van der Waals surface area contributed by atoms with Crippen LogP contribution in [0.4, 0.5) is 0 Å². The Morgan fingerprint density at radius 3 is 2.81 bits per heavy atom. The number of aromatic carboxylic acids is 1. The van der Waals surface area contributed by atoms with Crippen LogP contribution in [-0.4, -0.2) is 22.0 Å². The molecule has 0 aliphatic rings. The number of nitrogens with one attached hydrogen (secondary N) is 1. The molecule has 0 spiro atoms. The summed E-state index contributed by atoms with van der Waals surface area (Å²) in [7, 11) is 0. The summed E-state index contributed by atoms with van der Waals surface area (Å²) in [6.45, 7) is 1.73. The molecule has 1 heterocycles. The van der Waals surface area contributed by atoms with Crippen molar-refractivity contribution in [1.29, 1.82) is 0 Å². The second-order valence-corrected chi connectivity index (χ2v) is 6.41. The van der Waals surface area contributed by atoms with Crippen molar-refractivity contribution in [2.75, 3.05) is 0 Å². The lowest BCUT2D eigenvalue weighted by atomic mass is 10.2. The Hall–Kier alpha value is -1.44. The normalized spacial score (nSPS) is 12.0. The summed E-state index contributed by atoms with van der Waals surface area (Å²) >= 11 is 10.5. The molecule has 1 unspecified atom stereocenters. The molecule has 110 valence electrons. The monoisotopic (exact) mass is 388 g/mol. The van der Waals surface area contributed by atoms with Gasteiger partial charge in [0.1, 0.15) is 5.01 Å². The van der Waals surface area contributed by atoms with Gasteiger partial charge < -0.3 is 10.4 Å². The number of carbonyl (C=O) groups excluding carboxylic acids is 1. The van der Waals surface area contributed by atoms with Gasteiger partial charge >= 0.3 is 5.97 Å². The van der Waals surface area contributed by atoms with Gasteiger partial charge in [0.15, 0.2) is 5.69 Å². The van der Waals surface area contributed by atoms with Crippen molar-refractivity contribution >= 4 is 50.7 Å². The van der Waals surface area contributed by atoms with Crippen LogP contribution < -0.4 is 5.32 Å². The first-order chi connectivity index (χ1) is 9.88. The molecule has 0 radical (unpaired) electrons. The summed E-state index contributed by atoms with van der Waals surface area (Å²) in [5, 5.41) is 13.9. The summed E-state index contributed by atoms with van der Waals surface area (Å²) in [4.78, 5) is 26.9. The van der Waals surface area contributed by atoms with Crippen LogP contribution in [0.25, 0.3) is 0 Å². The number of carboxylic acid groups (broad SMARTS) is 1. The van der Waals surface area contributed by atoms with Crippen LogP contribution in [0.5, 0.6) is 0 Å². The molecular weight excluding hydrogens is 380 g/mol. The fourth-order valence-corrected chi connectivity index (χ4v) is 2.96. The average molecular weight is 390 g/mol. The molecule has 1 atom stereocenters. The lowest BCUT2D eigenvalue weighted by Gasteiger charge is -2.12. The molecular formula is C13H10BrClN2O3S. The zero-order valence-corrected chi connectivity index (χ0v) is 13.9. The number of rotatable bonds is 4. The van der Waals surface area contributed by atoms with Gasteiger partial charge in [-0.2, -0.15) is 0 Å². The number of thiazole rings is 1. The Balaban J connectivity index is 2.14. The fourth-order valence-electron chi connectivity index (χ4n) is 1.59. The zero-order chi connectivity index (χ0) is 15.6. The van der Waals surface area contributed by atoms with Crippen molar-refractivity contribution in [2.45, 2.75) is 13.0 Å². The smallest absolute Gasteiger partial charge is 0.355 e. The van der Waals surface area contributed by atoms with Crippen LogP contribution in [0.3, 0.4) is 0 Å². The Bertz CT molecular complexity index is 704. The van der Waals surface area contributed by atoms with Gasteiger partial charge in [-0.25, -0.2) is 9.78 Å². The summed E-state index contributed by atoms with van der Waals surface area (Å²) < 4.78 is 0.743. The molecule has 21 heavy (non-hydrogen) atoms. The number of benzene rings is 1. The van der Waals surface area contributed by atoms with E-state index in [0.717, 1.165) is 4.47 Å². The van der Waals surface area contributed by atoms with Crippen molar-refractivity contribution in [3.8, 4) is 0 Å². The predicted molar refractivity (Wildman–Crippen MR) is 84.1 cm³/mol. The molecule has 0 bridgehead atoms. The van der Waals surface area contributed by atoms with Gasteiger partial charge in [-0.3, -0.25) is 4.79 Å². The molecule has 0 fully saturated rings. The highest BCUT2D eigenvalue weighted by Crippen LogP contribution is 2.23. The third-order valence-corrected chi connectivity index (χ3v) is 4.48. The van der Waals surface area contributed by atoms with E-state index in [-0.39, 0.29) is 11.6 Å². The molecule has 5 nitrogen and oxygen atoms in total. The number of carboxylic acids is 1. The fraction of sp³-hybridized carbons (Fsp3) is 0.154. The first-order valence-electron chi connectivity index (χ1n) is 5.83. The van der Waals surface area contributed by atoms with Crippen molar-refractivity contribution < 1.29 is 14.7 Å². The maximum atomic E-state index is 12.2. The maximum absolute atomic E-state index is 12.2. The first-order valence-corrected chi connectivity index (χ1v) is 7.88. The third-order valence-electron chi connectivity index (χ3n) is 2.63. The minimum absolute atomic E-state index is 0.0309. The summed E-state index contributed by atoms with van der Waals surface area (Å²) in [5.74, 6) is -1.44. The number of amides is 1. The second kappa shape index (κ2) is 6.55. The van der Waals surface area contributed by atoms with E-state index in [1.807, 2.05) is 0 Å². The number of aromatic nitrogens is 1. The molecule has 0 aliphatic carbocycles. The van der Waals surface area contributed by atoms with E-state index in [4.69, 9.17) is 16.7 Å². The van der Waals surface area contributed by atoms with Gasteiger partial charge in [-0.1, -0.05) is 27.5 Å². The molecule has 0 saturated heterocycles. The second-order valence-electron chi connectivity index (χ2n) is 4.20. The van der Waals surface area contributed by atoms with Gasteiger partial charge in [-0.15, -0.1) is 11.3 Å². The van der Waals surface area contributed by atoms with Crippen LogP contribution in [0, 0.1) is 0 Å². The minimum atomic E-state index is -1.09. The maximum Gasteiger partial charge on any atom is 0.355 e. The number of hydrogen-bond donors (Lipinski definition) is 2. The lowest BCUT2D eigenvalue weighted by Crippen LogP contribution is -2.27. The predicted octanol–water partition coefficient (Wildman–Crippen LogP) is 3.75. The van der Waals surface area contributed by atoms with Crippen LogP contribution >= 0.6 is 38.9 Å². The van der Waals surface area contributed by atoms with Gasteiger partial charge in [-0.05, 0) is 25.1 Å². The number of halogens is 2. The zero-order valence-electron chi connectivity index (χ0n) is 10.8. The number of nitrogens with zero attached hydrogens (tertiary/aromatic N) is 1. The highest BCUT2D eigenvalue weighted by Gasteiger charge is 2.18. The van der Waals surface area contributed by atoms with Crippen LogP contribution in [-0.2, 0) is 0 Å². The summed E-state index contributed by atoms with van der Waals surface area (Å²) in [5.41, 5.74) is 0.310. The minimum Gasteiger partial charge on any atom is -0.476 e. The van der Waals surface area contributed by atoms with E-state index in [0.29, 0.717) is 15.6 Å². The van der Waals surface area contributed by atoms with Gasteiger partial charge in [0.25, 0.3) is 5.91 Å². The molecule has 0 aliphatic heterocycles. The Morgan fingerprint density at radius 1 is 1.48 bits per heavy atom. The van der Waals surface area contributed by atoms with Crippen molar-refractivity contribution in [2.24, 2.45) is 0 Å². The molecule has 1 aromatic heterocycles. The number of hydrogen-bond acceptors (Lipinski definition) is 4. The molecule has 2 N–H and O–H groups in total. The Labute approximate surface area is 138 Å². The summed E-state index contributed by atoms with van der Waals surface area (Å²) in [6, 6.07) is 4.57. The van der Waals surface area contributed by atoms with Crippen molar-refractivity contribution in [3.05, 3.63) is 49.3 Å². The lowest BCUT2D eigenvalue weighted by molar-refractivity contribution is 0.0691. The van der Waals surface area contributed by atoms with Crippen molar-refractivity contribution in [1.82, 2.24) is 10.3 Å². The SMILES string of the molecule is CC(NC(=O)c1cc(Br)ccc1Cl)c1nc(C(=O)O)cs1. The molecule has 1 amide bonds. The van der Waals surface area contributed by atoms with E-state index in [9.17, 15) is 9.59 Å². The quantitative estimate of drug-likeness (QED) is 0.834. The molecule has 2 rings (SSSR count). The van der Waals surface area contributed by atoms with Crippen LogP contribution in [0.1, 0.15) is 38.8 Å². The van der Waals surface area contributed by atoms with E-state index in [2.05, 4.69) is 26.2 Å². The topological polar surface area (TPSA) is 79.3 Å². The molecule has 0 saturated carbocycles. The third kappa shape index (κ3) is 3.81. The largest absolute Gasteiger partial charge is 0.476 e. The molecule has 2 aromatic rings. The van der Waals surface area contributed by atoms with E-state index in [1.165, 1.54) is 16.7 Å². The molecule has 1 aromatic carbocycles. The van der Waals surface area contributed by atoms with E-state index < -0.39 is 12.0 Å². The van der Waals surface area contributed by atoms with Crippen molar-refractivity contribution in [3.63, 3.8) is 0 Å². The standard InChI is InChI=1S/C13H10BrClN2O3S/c1-6(12-17-10(5-21-12)13(19)20)16-11(18)8-4-7(14)2-3-9(8)15/h2-6H,1H3,(H,16,18)(H,19,20). The van der Waals surface area contributed by atoms with Crippen LogP contribution in [0.2, 0.25) is 5.02 Å². The Kier molecular flexibility index (Phi) is 4.97. The summed E-state index contributed by atoms with van der Waals surface area (Å²) in [6.07, 6.45) is 0. The number of carbonyl (C=O) groups is 2. The van der Waals surface area contributed by atoms with Gasteiger partial charge in [0.2, 0.25) is 0 Å². The van der Waals surface area contributed by atoms with Crippen LogP contribution in [0.15, 0.2) is 28.1 Å². The Morgan fingerprint density at radius 2 is 2.19 bits per heavy atom. The average Bonchev–Trinajstić information content (AvgIpc) is 2.91. The van der Waals surface area contributed by atoms with E-state index in [1.54, 1.807) is 25.1 Å². The van der Waals surface area contributed by atoms with E-state index >= 15 is 0 Å².